The Balaban J connectivity index is 2.07. The molecule has 0 saturated carbocycles. The number of anilines is 3. The van der Waals surface area contributed by atoms with Crippen LogP contribution in [0.3, 0.4) is 0 Å². The third kappa shape index (κ3) is 4.25. The van der Waals surface area contributed by atoms with Crippen LogP contribution >= 0.6 is 7.92 Å². The molecule has 8 heteroatoms. The van der Waals surface area contributed by atoms with Crippen LogP contribution in [0.4, 0.5) is 17.2 Å². The molecule has 0 amide bonds. The Morgan fingerprint density at radius 3 is 2.66 bits per heavy atom. The molecule has 3 rings (SSSR count). The van der Waals surface area contributed by atoms with E-state index in [9.17, 15) is 4.79 Å². The summed E-state index contributed by atoms with van der Waals surface area (Å²) in [6, 6.07) is 9.57. The van der Waals surface area contributed by atoms with Gasteiger partial charge in [-0.1, -0.05) is 20.9 Å². The summed E-state index contributed by atoms with van der Waals surface area (Å²) in [7, 11) is 3.30. The Morgan fingerprint density at radius 2 is 2.03 bits per heavy atom. The second kappa shape index (κ2) is 8.62. The fourth-order valence-corrected chi connectivity index (χ4v) is 4.20. The zero-order valence-electron chi connectivity index (χ0n) is 17.4. The maximum absolute atomic E-state index is 12.3. The molecule has 0 saturated heterocycles. The number of hydrogen-bond acceptors (Lipinski definition) is 6. The maximum Gasteiger partial charge on any atom is 0.166 e. The number of hydrogen-bond donors (Lipinski definition) is 2. The summed E-state index contributed by atoms with van der Waals surface area (Å²) in [4.78, 5) is 16.4. The van der Waals surface area contributed by atoms with E-state index >= 15 is 0 Å². The quantitative estimate of drug-likeness (QED) is 0.454. The normalized spacial score (nSPS) is 11.0. The van der Waals surface area contributed by atoms with E-state index in [2.05, 4.69) is 34.8 Å². The van der Waals surface area contributed by atoms with Gasteiger partial charge in [-0.3, -0.25) is 9.48 Å². The first kappa shape index (κ1) is 20.8. The molecule has 7 nitrogen and oxygen atoms in total. The summed E-state index contributed by atoms with van der Waals surface area (Å²) >= 11 is 0. The molecule has 0 unspecified atom stereocenters. The Bertz CT molecular complexity index is 1050. The summed E-state index contributed by atoms with van der Waals surface area (Å²) < 4.78 is 7.65. The molecule has 29 heavy (non-hydrogen) atoms. The highest BCUT2D eigenvalue weighted by Crippen LogP contribution is 2.38. The second-order valence-electron chi connectivity index (χ2n) is 6.85. The van der Waals surface area contributed by atoms with Crippen molar-refractivity contribution in [2.24, 2.45) is 7.05 Å². The molecular formula is C21H26N5O2P. The molecule has 152 valence electrons. The van der Waals surface area contributed by atoms with Gasteiger partial charge >= 0.3 is 0 Å². The van der Waals surface area contributed by atoms with Gasteiger partial charge in [0.2, 0.25) is 0 Å². The number of pyridine rings is 1. The van der Waals surface area contributed by atoms with Gasteiger partial charge in [-0.2, -0.15) is 5.10 Å². The molecule has 0 aliphatic rings. The second-order valence-corrected chi connectivity index (χ2v) is 9.10. The minimum atomic E-state index is -0.279. The molecule has 0 radical (unpaired) electrons. The van der Waals surface area contributed by atoms with Crippen molar-refractivity contribution < 1.29 is 9.53 Å². The number of nitrogens with two attached hydrogens (primary N) is 1. The van der Waals surface area contributed by atoms with Crippen LogP contribution in [-0.4, -0.2) is 41.0 Å². The molecule has 0 atom stereocenters. The van der Waals surface area contributed by atoms with Gasteiger partial charge in [0.15, 0.2) is 11.5 Å². The molecule has 0 fully saturated rings. The van der Waals surface area contributed by atoms with Crippen molar-refractivity contribution in [1.82, 2.24) is 14.8 Å². The number of nitrogen functional groups attached to an aromatic ring is 1. The van der Waals surface area contributed by atoms with E-state index in [0.29, 0.717) is 29.2 Å². The number of nitrogens with zero attached hydrogens (tertiary/aromatic N) is 3. The lowest BCUT2D eigenvalue weighted by Crippen LogP contribution is -2.10. The highest BCUT2D eigenvalue weighted by molar-refractivity contribution is 7.63. The first-order valence-corrected chi connectivity index (χ1v) is 11.5. The Morgan fingerprint density at radius 1 is 1.28 bits per heavy atom. The molecule has 2 aromatic heterocycles. The molecule has 0 aliphatic carbocycles. The average Bonchev–Trinajstić information content (AvgIpc) is 3.09. The molecule has 1 aromatic carbocycles. The van der Waals surface area contributed by atoms with E-state index in [-0.39, 0.29) is 13.7 Å². The number of benzene rings is 1. The summed E-state index contributed by atoms with van der Waals surface area (Å²) in [5.74, 6) is 0.978. The van der Waals surface area contributed by atoms with Gasteiger partial charge < -0.3 is 15.8 Å². The number of ketones is 1. The zero-order chi connectivity index (χ0) is 21.1. The smallest absolute Gasteiger partial charge is 0.166 e. The van der Waals surface area contributed by atoms with Gasteiger partial charge in [0.05, 0.1) is 35.2 Å². The van der Waals surface area contributed by atoms with Gasteiger partial charge in [0, 0.05) is 31.3 Å². The Labute approximate surface area is 172 Å². The minimum Gasteiger partial charge on any atom is -0.494 e. The van der Waals surface area contributed by atoms with Crippen LogP contribution in [0, 0.1) is 0 Å². The first-order valence-electron chi connectivity index (χ1n) is 9.30. The number of Topliss-reactive ketones (excluding diaryl/α,β-unsaturated/α-hetero) is 1. The number of nitrogens with one attached hydrogen (secondary N) is 1. The van der Waals surface area contributed by atoms with E-state index in [0.717, 1.165) is 16.9 Å². The number of aryl methyl sites for hydroxylation is 1. The highest BCUT2D eigenvalue weighted by atomic mass is 31.1. The molecule has 0 bridgehead atoms. The summed E-state index contributed by atoms with van der Waals surface area (Å²) in [5, 5.41) is 7.98. The number of carbonyl (C=O) groups excluding carboxylic acids is 1. The van der Waals surface area contributed by atoms with Crippen LogP contribution in [-0.2, 0) is 7.05 Å². The first-order chi connectivity index (χ1) is 13.8. The monoisotopic (exact) mass is 411 g/mol. The fourth-order valence-electron chi connectivity index (χ4n) is 3.20. The van der Waals surface area contributed by atoms with E-state index in [4.69, 9.17) is 10.5 Å². The number of aromatic nitrogens is 3. The van der Waals surface area contributed by atoms with E-state index in [1.54, 1.807) is 13.2 Å². The van der Waals surface area contributed by atoms with E-state index in [1.807, 2.05) is 36.9 Å². The van der Waals surface area contributed by atoms with E-state index < -0.39 is 0 Å². The Hall–Kier alpha value is -2.92. The zero-order valence-corrected chi connectivity index (χ0v) is 18.2. The maximum atomic E-state index is 12.3. The van der Waals surface area contributed by atoms with Crippen LogP contribution in [0.1, 0.15) is 23.7 Å². The fraction of sp³-hybridized carbons (Fsp3) is 0.286. The lowest BCUT2D eigenvalue weighted by molar-refractivity contribution is 0.0988. The summed E-state index contributed by atoms with van der Waals surface area (Å²) in [6.45, 7) is 6.22. The number of para-hydroxylation sites is 1. The average molecular weight is 411 g/mol. The van der Waals surface area contributed by atoms with Crippen LogP contribution in [0.25, 0.3) is 11.3 Å². The third-order valence-electron chi connectivity index (χ3n) is 4.62. The summed E-state index contributed by atoms with van der Waals surface area (Å²) in [6.07, 6.45) is 1.89. The van der Waals surface area contributed by atoms with Gasteiger partial charge in [-0.25, -0.2) is 4.98 Å². The molecule has 0 spiro atoms. The van der Waals surface area contributed by atoms with Gasteiger partial charge in [-0.15, -0.1) is 0 Å². The van der Waals surface area contributed by atoms with Crippen LogP contribution < -0.4 is 21.2 Å². The van der Waals surface area contributed by atoms with Crippen molar-refractivity contribution in [3.8, 4) is 17.0 Å². The highest BCUT2D eigenvalue weighted by Gasteiger charge is 2.18. The third-order valence-corrected chi connectivity index (χ3v) is 5.96. The van der Waals surface area contributed by atoms with Crippen molar-refractivity contribution in [2.45, 2.75) is 13.3 Å². The SMILES string of the molecule is CCC(=O)c1cnc(N)cc1Nc1cccc(-c2cc(P(C)C)n(C)n2)c1OC. The lowest BCUT2D eigenvalue weighted by atomic mass is 10.1. The topological polar surface area (TPSA) is 95.1 Å². The van der Waals surface area contributed by atoms with Gasteiger partial charge in [0.1, 0.15) is 5.82 Å². The molecule has 3 aromatic rings. The predicted molar refractivity (Wildman–Crippen MR) is 120 cm³/mol. The van der Waals surface area contributed by atoms with Crippen LogP contribution in [0.15, 0.2) is 36.5 Å². The van der Waals surface area contributed by atoms with Crippen molar-refractivity contribution in [3.05, 3.63) is 42.1 Å². The number of carbonyl (C=O) groups is 1. The summed E-state index contributed by atoms with van der Waals surface area (Å²) in [5.41, 5.74) is 10.6. The standard InChI is InChI=1S/C21H26N5O2P/c1-6-18(27)14-12-23-19(22)10-16(14)24-15-9-7-8-13(21(15)28-3)17-11-20(29(4)5)26(2)25-17/h7-12H,6H2,1-5H3,(H3,22,23,24). The molecule has 0 aliphatic heterocycles. The molecule has 2 heterocycles. The van der Waals surface area contributed by atoms with Crippen molar-refractivity contribution in [2.75, 3.05) is 31.5 Å². The largest absolute Gasteiger partial charge is 0.494 e. The van der Waals surface area contributed by atoms with Gasteiger partial charge in [0.25, 0.3) is 0 Å². The number of ether oxygens (including phenoxy) is 1. The van der Waals surface area contributed by atoms with Crippen LogP contribution in [0.2, 0.25) is 0 Å². The number of methoxy groups -OCH3 is 1. The van der Waals surface area contributed by atoms with Crippen molar-refractivity contribution >= 4 is 36.3 Å². The molecular weight excluding hydrogens is 385 g/mol. The van der Waals surface area contributed by atoms with Crippen LogP contribution in [0.5, 0.6) is 5.75 Å². The van der Waals surface area contributed by atoms with Crippen molar-refractivity contribution in [1.29, 1.82) is 0 Å². The molecule has 3 N–H and O–H groups in total. The predicted octanol–water partition coefficient (Wildman–Crippen LogP) is 3.78. The number of rotatable bonds is 7. The van der Waals surface area contributed by atoms with E-state index in [1.165, 1.54) is 11.6 Å². The lowest BCUT2D eigenvalue weighted by Gasteiger charge is -2.16. The van der Waals surface area contributed by atoms with Crippen molar-refractivity contribution in [3.63, 3.8) is 0 Å². The Kier molecular flexibility index (Phi) is 6.18. The van der Waals surface area contributed by atoms with Gasteiger partial charge in [-0.05, 0) is 31.5 Å². The minimum absolute atomic E-state index is 0.0104.